The number of carbonyl (C=O) groups excluding carboxylic acids is 2. The summed E-state index contributed by atoms with van der Waals surface area (Å²) in [6.07, 6.45) is 2.80. The number of hydrogen-bond donors (Lipinski definition) is 1. The van der Waals surface area contributed by atoms with Crippen LogP contribution in [0.25, 0.3) is 11.4 Å². The van der Waals surface area contributed by atoms with Crippen LogP contribution in [0, 0.1) is 11.2 Å². The first-order valence-electron chi connectivity index (χ1n) is 11.9. The Morgan fingerprint density at radius 1 is 1.12 bits per heavy atom. The molecule has 1 aromatic heterocycles. The third-order valence-corrected chi connectivity index (χ3v) is 6.84. The van der Waals surface area contributed by atoms with E-state index in [2.05, 4.69) is 15.2 Å². The zero-order valence-corrected chi connectivity index (χ0v) is 21.1. The SMILES string of the molecule is CN1CCCn2c(-c3cc(Cl)ccc3F)nc(C(=O)NC(C(=O)N3CCCC3)C(C)(C)C)c2C1. The molecule has 2 aliphatic rings. The molecular weight excluding hydrogens is 457 g/mol. The monoisotopic (exact) mass is 489 g/mol. The predicted octanol–water partition coefficient (Wildman–Crippen LogP) is 3.95. The summed E-state index contributed by atoms with van der Waals surface area (Å²) in [6.45, 7) is 9.21. The van der Waals surface area contributed by atoms with Crippen LogP contribution in [0.2, 0.25) is 5.02 Å². The van der Waals surface area contributed by atoms with Crippen molar-refractivity contribution in [1.29, 1.82) is 0 Å². The molecule has 9 heteroatoms. The van der Waals surface area contributed by atoms with E-state index in [1.54, 1.807) is 0 Å². The van der Waals surface area contributed by atoms with Gasteiger partial charge < -0.3 is 19.7 Å². The van der Waals surface area contributed by atoms with Crippen LogP contribution < -0.4 is 5.32 Å². The number of likely N-dealkylation sites (tertiary alicyclic amines) is 1. The van der Waals surface area contributed by atoms with Crippen molar-refractivity contribution >= 4 is 23.4 Å². The number of carbonyl (C=O) groups is 2. The van der Waals surface area contributed by atoms with Crippen LogP contribution in [-0.2, 0) is 17.9 Å². The fourth-order valence-corrected chi connectivity index (χ4v) is 4.92. The maximum absolute atomic E-state index is 14.8. The van der Waals surface area contributed by atoms with E-state index < -0.39 is 23.2 Å². The molecule has 7 nitrogen and oxygen atoms in total. The van der Waals surface area contributed by atoms with Gasteiger partial charge in [-0.3, -0.25) is 9.59 Å². The Morgan fingerprint density at radius 2 is 1.82 bits per heavy atom. The zero-order chi connectivity index (χ0) is 24.6. The first-order valence-corrected chi connectivity index (χ1v) is 12.3. The smallest absolute Gasteiger partial charge is 0.272 e. The molecule has 3 heterocycles. The van der Waals surface area contributed by atoms with Gasteiger partial charge in [0, 0.05) is 31.2 Å². The van der Waals surface area contributed by atoms with Crippen molar-refractivity contribution in [3.63, 3.8) is 0 Å². The van der Waals surface area contributed by atoms with Crippen molar-refractivity contribution in [1.82, 2.24) is 24.7 Å². The Balaban J connectivity index is 1.74. The summed E-state index contributed by atoms with van der Waals surface area (Å²) in [5, 5.41) is 3.38. The average Bonchev–Trinajstić information content (AvgIpc) is 3.37. The quantitative estimate of drug-likeness (QED) is 0.706. The van der Waals surface area contributed by atoms with E-state index in [1.165, 1.54) is 18.2 Å². The fraction of sp³-hybridized carbons (Fsp3) is 0.560. The second-order valence-electron chi connectivity index (χ2n) is 10.4. The Morgan fingerprint density at radius 3 is 2.50 bits per heavy atom. The lowest BCUT2D eigenvalue weighted by Gasteiger charge is -2.33. The maximum Gasteiger partial charge on any atom is 0.272 e. The molecule has 1 saturated heterocycles. The Hall–Kier alpha value is -2.45. The summed E-state index contributed by atoms with van der Waals surface area (Å²) in [5.74, 6) is -0.547. The van der Waals surface area contributed by atoms with Crippen LogP contribution in [0.3, 0.4) is 0 Å². The van der Waals surface area contributed by atoms with Gasteiger partial charge in [-0.1, -0.05) is 32.4 Å². The summed E-state index contributed by atoms with van der Waals surface area (Å²) < 4.78 is 16.7. The standard InChI is InChI=1S/C25H33ClFN5O2/c1-25(2,3)21(24(34)31-11-5-6-12-31)29-23(33)20-19-15-30(4)10-7-13-32(19)22(28-20)17-14-16(26)8-9-18(17)27/h8-9,14,21H,5-7,10-13,15H2,1-4H3,(H,29,33). The van der Waals surface area contributed by atoms with E-state index >= 15 is 0 Å². The summed E-state index contributed by atoms with van der Waals surface area (Å²) >= 11 is 6.16. The highest BCUT2D eigenvalue weighted by Gasteiger charge is 2.38. The van der Waals surface area contributed by atoms with Gasteiger partial charge in [0.05, 0.1) is 11.3 Å². The summed E-state index contributed by atoms with van der Waals surface area (Å²) in [5.41, 5.74) is 0.725. The van der Waals surface area contributed by atoms with Gasteiger partial charge in [-0.25, -0.2) is 9.37 Å². The molecule has 4 rings (SSSR count). The van der Waals surface area contributed by atoms with Gasteiger partial charge >= 0.3 is 0 Å². The van der Waals surface area contributed by atoms with Crippen molar-refractivity contribution < 1.29 is 14.0 Å². The van der Waals surface area contributed by atoms with Crippen molar-refractivity contribution in [3.8, 4) is 11.4 Å². The van der Waals surface area contributed by atoms with E-state index in [-0.39, 0.29) is 17.2 Å². The highest BCUT2D eigenvalue weighted by molar-refractivity contribution is 6.30. The molecule has 0 radical (unpaired) electrons. The van der Waals surface area contributed by atoms with Gasteiger partial charge in [-0.05, 0) is 56.5 Å². The topological polar surface area (TPSA) is 70.5 Å². The van der Waals surface area contributed by atoms with Crippen molar-refractivity contribution in [2.75, 3.05) is 26.7 Å². The number of rotatable bonds is 4. The van der Waals surface area contributed by atoms with E-state index in [4.69, 9.17) is 11.6 Å². The Labute approximate surface area is 205 Å². The van der Waals surface area contributed by atoms with Crippen molar-refractivity contribution in [3.05, 3.63) is 40.4 Å². The molecule has 1 unspecified atom stereocenters. The normalized spacial score (nSPS) is 17.9. The predicted molar refractivity (Wildman–Crippen MR) is 130 cm³/mol. The van der Waals surface area contributed by atoms with Gasteiger partial charge in [0.1, 0.15) is 17.7 Å². The molecule has 2 aliphatic heterocycles. The Kier molecular flexibility index (Phi) is 7.01. The fourth-order valence-electron chi connectivity index (χ4n) is 4.75. The molecule has 1 N–H and O–H groups in total. The van der Waals surface area contributed by atoms with Gasteiger partial charge in [-0.2, -0.15) is 0 Å². The minimum atomic E-state index is -0.690. The lowest BCUT2D eigenvalue weighted by atomic mass is 9.85. The molecule has 1 aromatic carbocycles. The molecule has 0 saturated carbocycles. The number of amides is 2. The van der Waals surface area contributed by atoms with Crippen LogP contribution >= 0.6 is 11.6 Å². The molecule has 0 aliphatic carbocycles. The van der Waals surface area contributed by atoms with Gasteiger partial charge in [0.25, 0.3) is 5.91 Å². The zero-order valence-electron chi connectivity index (χ0n) is 20.3. The van der Waals surface area contributed by atoms with Crippen LogP contribution in [0.15, 0.2) is 18.2 Å². The molecule has 0 bridgehead atoms. The largest absolute Gasteiger partial charge is 0.341 e. The minimum Gasteiger partial charge on any atom is -0.341 e. The van der Waals surface area contributed by atoms with Crippen LogP contribution in [0.5, 0.6) is 0 Å². The molecule has 2 aromatic rings. The number of hydrogen-bond acceptors (Lipinski definition) is 4. The van der Waals surface area contributed by atoms with Crippen molar-refractivity contribution in [2.45, 2.75) is 59.2 Å². The number of nitrogens with zero attached hydrogens (tertiary/aromatic N) is 4. The molecule has 184 valence electrons. The highest BCUT2D eigenvalue weighted by atomic mass is 35.5. The van der Waals surface area contributed by atoms with Gasteiger partial charge in [0.15, 0.2) is 5.69 Å². The first-order chi connectivity index (χ1) is 16.1. The molecule has 0 spiro atoms. The number of benzene rings is 1. The number of halogens is 2. The molecule has 2 amide bonds. The number of fused-ring (bicyclic) bond motifs is 1. The number of aromatic nitrogens is 2. The van der Waals surface area contributed by atoms with Crippen molar-refractivity contribution in [2.24, 2.45) is 5.41 Å². The first kappa shape index (κ1) is 24.7. The lowest BCUT2D eigenvalue weighted by Crippen LogP contribution is -2.54. The second-order valence-corrected chi connectivity index (χ2v) is 10.8. The molecular formula is C25H33ClFN5O2. The number of imidazole rings is 1. The summed E-state index contributed by atoms with van der Waals surface area (Å²) in [4.78, 5) is 35.5. The number of nitrogens with one attached hydrogen (secondary N) is 1. The maximum atomic E-state index is 14.8. The van der Waals surface area contributed by atoms with E-state index in [0.29, 0.717) is 42.7 Å². The van der Waals surface area contributed by atoms with E-state index in [1.807, 2.05) is 37.3 Å². The third-order valence-electron chi connectivity index (χ3n) is 6.60. The highest BCUT2D eigenvalue weighted by Crippen LogP contribution is 2.30. The van der Waals surface area contributed by atoms with E-state index in [9.17, 15) is 14.0 Å². The van der Waals surface area contributed by atoms with Gasteiger partial charge in [-0.15, -0.1) is 0 Å². The van der Waals surface area contributed by atoms with Crippen LogP contribution in [0.4, 0.5) is 4.39 Å². The Bertz CT molecular complexity index is 1090. The third kappa shape index (κ3) is 4.98. The minimum absolute atomic E-state index is 0.0677. The molecule has 1 fully saturated rings. The van der Waals surface area contributed by atoms with Gasteiger partial charge in [0.2, 0.25) is 5.91 Å². The average molecular weight is 490 g/mol. The summed E-state index contributed by atoms with van der Waals surface area (Å²) in [6, 6.07) is 3.65. The second kappa shape index (κ2) is 9.66. The van der Waals surface area contributed by atoms with Crippen LogP contribution in [-0.4, -0.2) is 63.9 Å². The molecule has 1 atom stereocenters. The summed E-state index contributed by atoms with van der Waals surface area (Å²) in [7, 11) is 1.98. The molecule has 34 heavy (non-hydrogen) atoms. The van der Waals surface area contributed by atoms with Crippen LogP contribution in [0.1, 0.15) is 56.2 Å². The lowest BCUT2D eigenvalue weighted by molar-refractivity contribution is -0.134. The van der Waals surface area contributed by atoms with E-state index in [0.717, 1.165) is 25.8 Å².